The molecule has 36 heavy (non-hydrogen) atoms. The highest BCUT2D eigenvalue weighted by molar-refractivity contribution is 7.14. The zero-order valence-electron chi connectivity index (χ0n) is 18.0. The summed E-state index contributed by atoms with van der Waals surface area (Å²) >= 11 is 0.920. The number of nitrogens with one attached hydrogen (secondary N) is 1. The fraction of sp³-hybridized carbons (Fsp3) is 0.174. The molecule has 0 spiro atoms. The first-order valence-corrected chi connectivity index (χ1v) is 11.0. The van der Waals surface area contributed by atoms with Gasteiger partial charge in [0, 0.05) is 23.1 Å². The lowest BCUT2D eigenvalue weighted by atomic mass is 10.0. The number of nitrogens with zero attached hydrogens (tertiary/aromatic N) is 2. The van der Waals surface area contributed by atoms with Crippen molar-refractivity contribution in [3.8, 4) is 17.0 Å². The van der Waals surface area contributed by atoms with E-state index in [1.165, 1.54) is 10.3 Å². The largest absolute Gasteiger partial charge is 0.482 e. The van der Waals surface area contributed by atoms with Crippen molar-refractivity contribution in [1.82, 2.24) is 4.98 Å². The van der Waals surface area contributed by atoms with Crippen LogP contribution in [-0.4, -0.2) is 29.9 Å². The third kappa shape index (κ3) is 5.20. The van der Waals surface area contributed by atoms with Crippen LogP contribution in [0.25, 0.3) is 11.3 Å². The molecule has 0 fully saturated rings. The van der Waals surface area contributed by atoms with E-state index in [1.807, 2.05) is 0 Å². The standard InChI is InChI=1S/C23H15F6N3O3S/c1-2-5-32-17-8-12(3-4-18(17)35-10-19(32)33)16-11-36-21(30-16)31-20(34)13-6-14(22(24,25)26)9-15(7-13)23(27,28)29/h2-4,6-9,11H,1,5,10H2,(H,30,31,34). The van der Waals surface area contributed by atoms with Gasteiger partial charge in [-0.05, 0) is 36.4 Å². The molecular weight excluding hydrogens is 512 g/mol. The van der Waals surface area contributed by atoms with Gasteiger partial charge in [0.1, 0.15) is 5.75 Å². The Morgan fingerprint density at radius 3 is 2.39 bits per heavy atom. The monoisotopic (exact) mass is 527 g/mol. The number of aromatic nitrogens is 1. The van der Waals surface area contributed by atoms with Crippen molar-refractivity contribution < 1.29 is 40.7 Å². The fourth-order valence-electron chi connectivity index (χ4n) is 3.41. The van der Waals surface area contributed by atoms with E-state index in [0.717, 1.165) is 11.3 Å². The van der Waals surface area contributed by atoms with E-state index in [2.05, 4.69) is 16.9 Å². The van der Waals surface area contributed by atoms with Crippen LogP contribution in [0, 0.1) is 0 Å². The smallest absolute Gasteiger partial charge is 0.416 e. The van der Waals surface area contributed by atoms with Gasteiger partial charge in [-0.15, -0.1) is 17.9 Å². The van der Waals surface area contributed by atoms with Gasteiger partial charge >= 0.3 is 12.4 Å². The Kier molecular flexibility index (Phi) is 6.52. The second-order valence-corrected chi connectivity index (χ2v) is 8.41. The number of anilines is 2. The van der Waals surface area contributed by atoms with E-state index < -0.39 is 35.0 Å². The summed E-state index contributed by atoms with van der Waals surface area (Å²) in [7, 11) is 0. The van der Waals surface area contributed by atoms with Gasteiger partial charge in [0.15, 0.2) is 11.7 Å². The SMILES string of the molecule is C=CCN1C(=O)COc2ccc(-c3csc(NC(=O)c4cc(C(F)(F)F)cc(C(F)(F)F)c4)n3)cc21. The highest BCUT2D eigenvalue weighted by Gasteiger charge is 2.37. The third-order valence-corrected chi connectivity index (χ3v) is 5.84. The lowest BCUT2D eigenvalue weighted by Gasteiger charge is -2.28. The molecule has 13 heteroatoms. The van der Waals surface area contributed by atoms with E-state index in [-0.39, 0.29) is 30.3 Å². The van der Waals surface area contributed by atoms with Crippen LogP contribution in [0.15, 0.2) is 54.4 Å². The number of carbonyl (C=O) groups is 2. The lowest BCUT2D eigenvalue weighted by Crippen LogP contribution is -2.38. The summed E-state index contributed by atoms with van der Waals surface area (Å²) in [6.07, 6.45) is -8.61. The van der Waals surface area contributed by atoms with Crippen LogP contribution in [0.4, 0.5) is 37.2 Å². The number of amides is 2. The minimum Gasteiger partial charge on any atom is -0.482 e. The number of halogens is 6. The molecular formula is C23H15F6N3O3S. The molecule has 3 aromatic rings. The molecule has 188 valence electrons. The Balaban J connectivity index is 1.60. The summed E-state index contributed by atoms with van der Waals surface area (Å²) in [5, 5.41) is 3.72. The van der Waals surface area contributed by atoms with Gasteiger partial charge in [-0.1, -0.05) is 6.08 Å². The minimum atomic E-state index is -5.08. The predicted molar refractivity (Wildman–Crippen MR) is 120 cm³/mol. The average Bonchev–Trinajstić information content (AvgIpc) is 3.27. The summed E-state index contributed by atoms with van der Waals surface area (Å²) in [5.41, 5.74) is -2.65. The van der Waals surface area contributed by atoms with Crippen molar-refractivity contribution >= 4 is 34.0 Å². The van der Waals surface area contributed by atoms with Gasteiger partial charge in [0.2, 0.25) is 0 Å². The summed E-state index contributed by atoms with van der Waals surface area (Å²) < 4.78 is 84.0. The van der Waals surface area contributed by atoms with Crippen LogP contribution in [0.3, 0.4) is 0 Å². The number of hydrogen-bond donors (Lipinski definition) is 1. The highest BCUT2D eigenvalue weighted by atomic mass is 32.1. The maximum absolute atomic E-state index is 13.1. The van der Waals surface area contributed by atoms with Crippen LogP contribution in [0.1, 0.15) is 21.5 Å². The number of benzene rings is 2. The number of ether oxygens (including phenoxy) is 1. The third-order valence-electron chi connectivity index (χ3n) is 5.08. The van der Waals surface area contributed by atoms with Crippen molar-refractivity contribution in [2.24, 2.45) is 0 Å². The molecule has 0 saturated carbocycles. The van der Waals surface area contributed by atoms with Gasteiger partial charge in [-0.25, -0.2) is 4.98 Å². The molecule has 1 aromatic heterocycles. The molecule has 0 aliphatic carbocycles. The van der Waals surface area contributed by atoms with Crippen LogP contribution < -0.4 is 15.0 Å². The Morgan fingerprint density at radius 2 is 1.78 bits per heavy atom. The zero-order chi connectivity index (χ0) is 26.3. The van der Waals surface area contributed by atoms with Gasteiger partial charge in [-0.2, -0.15) is 26.3 Å². The Hall–Kier alpha value is -3.87. The molecule has 1 aliphatic rings. The molecule has 0 atom stereocenters. The first kappa shape index (κ1) is 25.2. The summed E-state index contributed by atoms with van der Waals surface area (Å²) in [6.45, 7) is 3.74. The van der Waals surface area contributed by atoms with E-state index in [4.69, 9.17) is 4.74 Å². The van der Waals surface area contributed by atoms with Crippen molar-refractivity contribution in [1.29, 1.82) is 0 Å². The lowest BCUT2D eigenvalue weighted by molar-refractivity contribution is -0.143. The van der Waals surface area contributed by atoms with Crippen molar-refractivity contribution in [2.45, 2.75) is 12.4 Å². The van der Waals surface area contributed by atoms with E-state index >= 15 is 0 Å². The molecule has 2 heterocycles. The topological polar surface area (TPSA) is 71.5 Å². The average molecular weight is 527 g/mol. The molecule has 6 nitrogen and oxygen atoms in total. The van der Waals surface area contributed by atoms with Crippen LogP contribution in [0.2, 0.25) is 0 Å². The quantitative estimate of drug-likeness (QED) is 0.326. The maximum atomic E-state index is 13.1. The first-order valence-electron chi connectivity index (χ1n) is 10.1. The predicted octanol–water partition coefficient (Wildman–Crippen LogP) is 6.01. The molecule has 0 radical (unpaired) electrons. The Labute approximate surface area is 203 Å². The van der Waals surface area contributed by atoms with Gasteiger partial charge in [-0.3, -0.25) is 14.9 Å². The van der Waals surface area contributed by atoms with Gasteiger partial charge < -0.3 is 9.64 Å². The second-order valence-electron chi connectivity index (χ2n) is 7.55. The fourth-order valence-corrected chi connectivity index (χ4v) is 4.12. The Morgan fingerprint density at radius 1 is 1.11 bits per heavy atom. The van der Waals surface area contributed by atoms with Gasteiger partial charge in [0.25, 0.3) is 11.8 Å². The number of rotatable bonds is 5. The molecule has 4 rings (SSSR count). The first-order chi connectivity index (χ1) is 16.9. The van der Waals surface area contributed by atoms with Crippen LogP contribution in [0.5, 0.6) is 5.75 Å². The van der Waals surface area contributed by atoms with Crippen molar-refractivity contribution in [2.75, 3.05) is 23.4 Å². The number of carbonyl (C=O) groups excluding carboxylic acids is 2. The molecule has 0 saturated heterocycles. The molecule has 0 bridgehead atoms. The normalized spacial score (nSPS) is 13.7. The van der Waals surface area contributed by atoms with Gasteiger partial charge in [0.05, 0.1) is 22.5 Å². The van der Waals surface area contributed by atoms with Crippen molar-refractivity contribution in [3.63, 3.8) is 0 Å². The van der Waals surface area contributed by atoms with E-state index in [9.17, 15) is 35.9 Å². The number of fused-ring (bicyclic) bond motifs is 1. The second kappa shape index (κ2) is 9.30. The molecule has 1 N–H and O–H groups in total. The van der Waals surface area contributed by atoms with E-state index in [1.54, 1.807) is 24.3 Å². The molecule has 1 aliphatic heterocycles. The maximum Gasteiger partial charge on any atom is 0.416 e. The molecule has 2 aromatic carbocycles. The number of hydrogen-bond acceptors (Lipinski definition) is 5. The van der Waals surface area contributed by atoms with Crippen LogP contribution >= 0.6 is 11.3 Å². The van der Waals surface area contributed by atoms with E-state index in [0.29, 0.717) is 34.8 Å². The van der Waals surface area contributed by atoms with Crippen LogP contribution in [-0.2, 0) is 17.1 Å². The highest BCUT2D eigenvalue weighted by Crippen LogP contribution is 2.38. The zero-order valence-corrected chi connectivity index (χ0v) is 18.9. The summed E-state index contributed by atoms with van der Waals surface area (Å²) in [4.78, 5) is 30.4. The Bertz CT molecular complexity index is 1320. The molecule has 0 unspecified atom stereocenters. The minimum absolute atomic E-state index is 0.0473. The summed E-state index contributed by atoms with van der Waals surface area (Å²) in [6, 6.07) is 5.55. The molecule has 2 amide bonds. The summed E-state index contributed by atoms with van der Waals surface area (Å²) in [5.74, 6) is -0.992. The number of alkyl halides is 6. The van der Waals surface area contributed by atoms with Crippen molar-refractivity contribution in [3.05, 3.63) is 71.1 Å². The number of thiazole rings is 1.